The molecule has 0 amide bonds. The Morgan fingerprint density at radius 1 is 1.73 bits per heavy atom. The van der Waals surface area contributed by atoms with Crippen LogP contribution in [0.15, 0.2) is 9.32 Å². The predicted octanol–water partition coefficient (Wildman–Crippen LogP) is 0.474. The third kappa shape index (κ3) is 0.758. The molecule has 0 fully saturated rings. The van der Waals surface area contributed by atoms with Gasteiger partial charge in [-0.3, -0.25) is 4.90 Å². The number of H-pyrrole nitrogens is 1. The fourth-order valence-electron chi connectivity index (χ4n) is 1.43. The van der Waals surface area contributed by atoms with Crippen molar-refractivity contribution in [2.75, 3.05) is 7.05 Å². The van der Waals surface area contributed by atoms with Crippen molar-refractivity contribution in [3.63, 3.8) is 0 Å². The highest BCUT2D eigenvalue weighted by Crippen LogP contribution is 2.27. The monoisotopic (exact) mass is 154 g/mol. The highest BCUT2D eigenvalue weighted by molar-refractivity contribution is 5.22. The molecule has 2 heterocycles. The van der Waals surface area contributed by atoms with Crippen LogP contribution >= 0.6 is 0 Å². The van der Waals surface area contributed by atoms with Gasteiger partial charge in [0.1, 0.15) is 0 Å². The summed E-state index contributed by atoms with van der Waals surface area (Å²) in [5, 5.41) is 2.64. The summed E-state index contributed by atoms with van der Waals surface area (Å²) in [5.41, 5.74) is 1.48. The summed E-state index contributed by atoms with van der Waals surface area (Å²) >= 11 is 0. The van der Waals surface area contributed by atoms with Crippen molar-refractivity contribution in [2.24, 2.45) is 0 Å². The van der Waals surface area contributed by atoms with Crippen LogP contribution in [0.3, 0.4) is 0 Å². The van der Waals surface area contributed by atoms with Gasteiger partial charge in [-0.2, -0.15) is 0 Å². The largest absolute Gasteiger partial charge is 0.362 e. The fraction of sp³-hybridized carbons (Fsp3) is 0.571. The van der Waals surface area contributed by atoms with E-state index in [4.69, 9.17) is 0 Å². The van der Waals surface area contributed by atoms with Crippen molar-refractivity contribution in [3.05, 3.63) is 21.7 Å². The molecule has 0 bridgehead atoms. The van der Waals surface area contributed by atoms with E-state index in [-0.39, 0.29) is 11.7 Å². The zero-order chi connectivity index (χ0) is 8.01. The molecule has 1 aliphatic heterocycles. The van der Waals surface area contributed by atoms with E-state index in [2.05, 4.69) is 14.6 Å². The minimum atomic E-state index is -0.226. The molecule has 0 spiro atoms. The number of nitrogens with one attached hydrogen (secondary N) is 1. The molecule has 1 atom stereocenters. The van der Waals surface area contributed by atoms with Gasteiger partial charge < -0.3 is 4.52 Å². The van der Waals surface area contributed by atoms with Crippen LogP contribution in [0.2, 0.25) is 0 Å². The maximum Gasteiger partial charge on any atom is 0.362 e. The smallest absolute Gasteiger partial charge is 0.338 e. The summed E-state index contributed by atoms with van der Waals surface area (Å²) in [6.45, 7) is 2.74. The average Bonchev–Trinajstić information content (AvgIpc) is 2.43. The highest BCUT2D eigenvalue weighted by Gasteiger charge is 2.28. The molecular weight excluding hydrogens is 144 g/mol. The molecule has 11 heavy (non-hydrogen) atoms. The van der Waals surface area contributed by atoms with E-state index in [9.17, 15) is 4.79 Å². The first kappa shape index (κ1) is 6.67. The van der Waals surface area contributed by atoms with E-state index in [0.717, 1.165) is 11.3 Å². The number of rotatable bonds is 0. The van der Waals surface area contributed by atoms with Gasteiger partial charge in [-0.15, -0.1) is 0 Å². The van der Waals surface area contributed by atoms with Crippen molar-refractivity contribution in [1.29, 1.82) is 0 Å². The topological polar surface area (TPSA) is 49.2 Å². The number of fused-ring (bicyclic) bond motifs is 1. The maximum absolute atomic E-state index is 11.0. The molecule has 0 saturated heterocycles. The summed E-state index contributed by atoms with van der Waals surface area (Å²) < 4.78 is 4.65. The third-order valence-corrected chi connectivity index (χ3v) is 2.31. The summed E-state index contributed by atoms with van der Waals surface area (Å²) in [6.07, 6.45) is 0. The summed E-state index contributed by atoms with van der Waals surface area (Å²) in [5.74, 6) is 0. The Hall–Kier alpha value is -1.03. The van der Waals surface area contributed by atoms with Crippen molar-refractivity contribution >= 4 is 0 Å². The van der Waals surface area contributed by atoms with Gasteiger partial charge in [-0.1, -0.05) is 0 Å². The first-order valence-electron chi connectivity index (χ1n) is 3.60. The number of aromatic amines is 1. The summed E-state index contributed by atoms with van der Waals surface area (Å²) in [7, 11) is 1.98. The van der Waals surface area contributed by atoms with Crippen LogP contribution in [0, 0.1) is 0 Å². The lowest BCUT2D eigenvalue weighted by Crippen LogP contribution is -2.15. The van der Waals surface area contributed by atoms with Crippen LogP contribution in [0.5, 0.6) is 0 Å². The Morgan fingerprint density at radius 2 is 2.45 bits per heavy atom. The molecule has 0 aromatic carbocycles. The Balaban J connectivity index is 2.56. The number of aromatic nitrogens is 1. The van der Waals surface area contributed by atoms with Gasteiger partial charge in [0.15, 0.2) is 0 Å². The van der Waals surface area contributed by atoms with Gasteiger partial charge in [-0.05, 0) is 14.0 Å². The predicted molar refractivity (Wildman–Crippen MR) is 39.2 cm³/mol. The number of nitrogens with zero attached hydrogens (tertiary/aromatic N) is 1. The fourth-order valence-corrected chi connectivity index (χ4v) is 1.43. The lowest BCUT2D eigenvalue weighted by molar-refractivity contribution is 0.259. The van der Waals surface area contributed by atoms with Crippen molar-refractivity contribution in [1.82, 2.24) is 10.1 Å². The molecular formula is C7H10N2O2. The molecule has 0 radical (unpaired) electrons. The Kier molecular flexibility index (Phi) is 1.20. The normalized spacial score (nSPS) is 24.0. The summed E-state index contributed by atoms with van der Waals surface area (Å²) in [4.78, 5) is 13.1. The van der Waals surface area contributed by atoms with Gasteiger partial charge >= 0.3 is 5.63 Å². The van der Waals surface area contributed by atoms with Crippen molar-refractivity contribution in [2.45, 2.75) is 19.5 Å². The molecule has 1 N–H and O–H groups in total. The number of hydrogen-bond donors (Lipinski definition) is 1. The lowest BCUT2D eigenvalue weighted by Gasteiger charge is -2.13. The van der Waals surface area contributed by atoms with E-state index >= 15 is 0 Å². The first-order chi connectivity index (χ1) is 5.20. The number of hydrogen-bond acceptors (Lipinski definition) is 3. The molecule has 0 saturated carbocycles. The lowest BCUT2D eigenvalue weighted by atomic mass is 10.2. The molecule has 4 heteroatoms. The third-order valence-electron chi connectivity index (χ3n) is 2.31. The quantitative estimate of drug-likeness (QED) is 0.591. The minimum absolute atomic E-state index is 0.226. The molecule has 0 aliphatic carbocycles. The molecule has 1 aromatic heterocycles. The molecule has 1 unspecified atom stereocenters. The molecule has 1 aliphatic rings. The van der Waals surface area contributed by atoms with Crippen molar-refractivity contribution < 1.29 is 4.52 Å². The summed E-state index contributed by atoms with van der Waals surface area (Å²) in [6, 6.07) is 0.274. The SMILES string of the molecule is CC1c2[nH]oc(=O)c2CN1C. The van der Waals surface area contributed by atoms with Crippen LogP contribution < -0.4 is 5.63 Å². The molecule has 2 rings (SSSR count). The van der Waals surface area contributed by atoms with Crippen LogP contribution in [0.4, 0.5) is 0 Å². The second-order valence-electron chi connectivity index (χ2n) is 2.97. The molecule has 60 valence electrons. The van der Waals surface area contributed by atoms with Gasteiger partial charge in [0.2, 0.25) is 0 Å². The highest BCUT2D eigenvalue weighted by atomic mass is 16.5. The first-order valence-corrected chi connectivity index (χ1v) is 3.60. The zero-order valence-electron chi connectivity index (χ0n) is 6.55. The van der Waals surface area contributed by atoms with E-state index in [1.54, 1.807) is 0 Å². The van der Waals surface area contributed by atoms with Crippen molar-refractivity contribution in [3.8, 4) is 0 Å². The van der Waals surface area contributed by atoms with Gasteiger partial charge in [0.05, 0.1) is 17.3 Å². The van der Waals surface area contributed by atoms with Crippen LogP contribution in [0.25, 0.3) is 0 Å². The standard InChI is InChI=1S/C7H10N2O2/c1-4-6-5(3-9(4)2)7(10)11-8-6/h4,8H,3H2,1-2H3. The van der Waals surface area contributed by atoms with E-state index in [1.165, 1.54) is 0 Å². The molecule has 4 nitrogen and oxygen atoms in total. The zero-order valence-corrected chi connectivity index (χ0v) is 6.55. The van der Waals surface area contributed by atoms with Crippen LogP contribution in [0.1, 0.15) is 24.2 Å². The average molecular weight is 154 g/mol. The minimum Gasteiger partial charge on any atom is -0.338 e. The Labute approximate surface area is 63.8 Å². The second-order valence-corrected chi connectivity index (χ2v) is 2.97. The van der Waals surface area contributed by atoms with Gasteiger partial charge in [0.25, 0.3) is 0 Å². The van der Waals surface area contributed by atoms with E-state index < -0.39 is 0 Å². The van der Waals surface area contributed by atoms with Gasteiger partial charge in [0, 0.05) is 6.54 Å². The second kappa shape index (κ2) is 1.98. The maximum atomic E-state index is 11.0. The van der Waals surface area contributed by atoms with Crippen LogP contribution in [-0.4, -0.2) is 17.1 Å². The Morgan fingerprint density at radius 3 is 3.09 bits per heavy atom. The van der Waals surface area contributed by atoms with E-state index in [1.807, 2.05) is 14.0 Å². The van der Waals surface area contributed by atoms with E-state index in [0.29, 0.717) is 6.54 Å². The van der Waals surface area contributed by atoms with Gasteiger partial charge in [-0.25, -0.2) is 9.95 Å². The molecule has 1 aromatic rings. The Bertz CT molecular complexity index is 325. The van der Waals surface area contributed by atoms with Crippen LogP contribution in [-0.2, 0) is 6.54 Å².